The summed E-state index contributed by atoms with van der Waals surface area (Å²) in [5, 5.41) is 0. The number of nitrogens with zero attached hydrogens (tertiary/aromatic N) is 3. The van der Waals surface area contributed by atoms with Gasteiger partial charge in [0.1, 0.15) is 5.69 Å². The average Bonchev–Trinajstić information content (AvgIpc) is 3.17. The number of pyridine rings is 1. The third kappa shape index (κ3) is 1.69. The van der Waals surface area contributed by atoms with E-state index in [2.05, 4.69) is 26.7 Å². The highest BCUT2D eigenvalue weighted by atomic mass is 16.1. The number of ketones is 1. The SMILES string of the molecule is O=C1c2ncccc2CCC1C1c2ccccc2-c2cncn21. The van der Waals surface area contributed by atoms with E-state index in [1.54, 1.807) is 6.20 Å². The molecule has 0 N–H and O–H groups in total. The molecule has 23 heavy (non-hydrogen) atoms. The van der Waals surface area contributed by atoms with Crippen molar-refractivity contribution in [1.82, 2.24) is 14.5 Å². The Kier molecular flexibility index (Phi) is 2.56. The molecule has 2 atom stereocenters. The van der Waals surface area contributed by atoms with Gasteiger partial charge in [0, 0.05) is 17.7 Å². The van der Waals surface area contributed by atoms with Gasteiger partial charge in [-0.25, -0.2) is 4.98 Å². The number of rotatable bonds is 1. The summed E-state index contributed by atoms with van der Waals surface area (Å²) in [6, 6.07) is 12.3. The second-order valence-electron chi connectivity index (χ2n) is 6.24. The Morgan fingerprint density at radius 3 is 3.00 bits per heavy atom. The van der Waals surface area contributed by atoms with E-state index < -0.39 is 0 Å². The molecule has 3 aromatic rings. The van der Waals surface area contributed by atoms with E-state index in [4.69, 9.17) is 0 Å². The topological polar surface area (TPSA) is 47.8 Å². The number of benzene rings is 1. The number of aryl methyl sites for hydroxylation is 1. The first-order valence-electron chi connectivity index (χ1n) is 7.94. The second kappa shape index (κ2) is 4.62. The zero-order valence-corrected chi connectivity index (χ0v) is 12.5. The maximum Gasteiger partial charge on any atom is 0.186 e. The van der Waals surface area contributed by atoms with Crippen molar-refractivity contribution in [1.29, 1.82) is 0 Å². The molecular formula is C19H15N3O. The molecule has 1 aliphatic carbocycles. The van der Waals surface area contributed by atoms with Gasteiger partial charge in [-0.2, -0.15) is 0 Å². The molecule has 5 rings (SSSR count). The van der Waals surface area contributed by atoms with Gasteiger partial charge in [0.15, 0.2) is 5.78 Å². The van der Waals surface area contributed by atoms with E-state index in [1.165, 1.54) is 11.1 Å². The molecule has 3 heterocycles. The number of Topliss-reactive ketones (excluding diaryl/α,β-unsaturated/α-hetero) is 1. The number of fused-ring (bicyclic) bond motifs is 4. The third-order valence-corrected chi connectivity index (χ3v) is 5.09. The van der Waals surface area contributed by atoms with Crippen LogP contribution >= 0.6 is 0 Å². The summed E-state index contributed by atoms with van der Waals surface area (Å²) in [7, 11) is 0. The predicted molar refractivity (Wildman–Crippen MR) is 86.2 cm³/mol. The normalized spacial score (nSPS) is 21.7. The molecule has 1 aliphatic heterocycles. The Labute approximate surface area is 133 Å². The summed E-state index contributed by atoms with van der Waals surface area (Å²) >= 11 is 0. The van der Waals surface area contributed by atoms with Crippen molar-refractivity contribution in [2.45, 2.75) is 18.9 Å². The molecule has 0 spiro atoms. The van der Waals surface area contributed by atoms with Crippen LogP contribution < -0.4 is 0 Å². The van der Waals surface area contributed by atoms with Gasteiger partial charge in [0.25, 0.3) is 0 Å². The van der Waals surface area contributed by atoms with Gasteiger partial charge in [-0.3, -0.25) is 9.78 Å². The molecule has 4 heteroatoms. The molecule has 0 fully saturated rings. The minimum absolute atomic E-state index is 0.0337. The van der Waals surface area contributed by atoms with Crippen LogP contribution in [-0.4, -0.2) is 20.3 Å². The van der Waals surface area contributed by atoms with E-state index in [9.17, 15) is 4.79 Å². The van der Waals surface area contributed by atoms with Gasteiger partial charge in [-0.15, -0.1) is 0 Å². The van der Waals surface area contributed by atoms with Crippen LogP contribution in [0.5, 0.6) is 0 Å². The summed E-state index contributed by atoms with van der Waals surface area (Å²) in [6.45, 7) is 0. The van der Waals surface area contributed by atoms with Crippen molar-refractivity contribution < 1.29 is 4.79 Å². The van der Waals surface area contributed by atoms with Gasteiger partial charge < -0.3 is 4.57 Å². The first kappa shape index (κ1) is 12.8. The number of hydrogen-bond donors (Lipinski definition) is 0. The van der Waals surface area contributed by atoms with Gasteiger partial charge in [0.2, 0.25) is 0 Å². The summed E-state index contributed by atoms with van der Waals surface area (Å²) in [5.74, 6) is 0.0854. The van der Waals surface area contributed by atoms with Crippen LogP contribution in [0.3, 0.4) is 0 Å². The van der Waals surface area contributed by atoms with E-state index in [1.807, 2.05) is 36.8 Å². The standard InChI is InChI=1S/C19H15N3O/c23-19-15(8-7-12-4-3-9-21-17(12)19)18-14-6-2-1-5-13(14)16-10-20-11-22(16)18/h1-6,9-11,15,18H,7-8H2. The Bertz CT molecular complexity index is 928. The number of aromatic nitrogens is 3. The summed E-state index contributed by atoms with van der Waals surface area (Å²) in [5.41, 5.74) is 5.24. The minimum Gasteiger partial charge on any atom is -0.322 e. The van der Waals surface area contributed by atoms with E-state index in [0.717, 1.165) is 24.1 Å². The van der Waals surface area contributed by atoms with E-state index in [-0.39, 0.29) is 17.7 Å². The summed E-state index contributed by atoms with van der Waals surface area (Å²) < 4.78 is 2.15. The van der Waals surface area contributed by atoms with Crippen molar-refractivity contribution in [3.05, 3.63) is 71.9 Å². The second-order valence-corrected chi connectivity index (χ2v) is 6.24. The first-order chi connectivity index (χ1) is 11.3. The Hall–Kier alpha value is -2.75. The molecule has 1 aromatic carbocycles. The quantitative estimate of drug-likeness (QED) is 0.693. The van der Waals surface area contributed by atoms with Crippen molar-refractivity contribution >= 4 is 5.78 Å². The van der Waals surface area contributed by atoms with Gasteiger partial charge >= 0.3 is 0 Å². The zero-order chi connectivity index (χ0) is 15.4. The maximum atomic E-state index is 13.0. The fraction of sp³-hybridized carbons (Fsp3) is 0.211. The number of carbonyl (C=O) groups is 1. The zero-order valence-electron chi connectivity index (χ0n) is 12.5. The van der Waals surface area contributed by atoms with Crippen LogP contribution in [0.4, 0.5) is 0 Å². The summed E-state index contributed by atoms with van der Waals surface area (Å²) in [4.78, 5) is 21.7. The van der Waals surface area contributed by atoms with Gasteiger partial charge in [-0.05, 0) is 30.0 Å². The minimum atomic E-state index is -0.0750. The average molecular weight is 301 g/mol. The molecule has 0 radical (unpaired) electrons. The van der Waals surface area contributed by atoms with E-state index >= 15 is 0 Å². The molecule has 0 amide bonds. The van der Waals surface area contributed by atoms with Gasteiger partial charge in [0.05, 0.1) is 24.3 Å². The molecule has 0 bridgehead atoms. The Morgan fingerprint density at radius 1 is 1.13 bits per heavy atom. The van der Waals surface area contributed by atoms with Crippen LogP contribution in [0.15, 0.2) is 55.1 Å². The smallest absolute Gasteiger partial charge is 0.186 e. The van der Waals surface area contributed by atoms with Crippen molar-refractivity contribution in [2.75, 3.05) is 0 Å². The molecule has 0 saturated carbocycles. The van der Waals surface area contributed by atoms with Crippen LogP contribution in [0.2, 0.25) is 0 Å². The van der Waals surface area contributed by atoms with Crippen molar-refractivity contribution in [3.8, 4) is 11.3 Å². The lowest BCUT2D eigenvalue weighted by Gasteiger charge is -2.28. The molecule has 2 unspecified atom stereocenters. The Balaban J connectivity index is 1.65. The molecule has 2 aliphatic rings. The lowest BCUT2D eigenvalue weighted by atomic mass is 9.79. The first-order valence-corrected chi connectivity index (χ1v) is 7.94. The van der Waals surface area contributed by atoms with E-state index in [0.29, 0.717) is 5.69 Å². The lowest BCUT2D eigenvalue weighted by Crippen LogP contribution is -2.31. The molecule has 4 nitrogen and oxygen atoms in total. The highest BCUT2D eigenvalue weighted by Gasteiger charge is 2.40. The maximum absolute atomic E-state index is 13.0. The fourth-order valence-corrected chi connectivity index (χ4v) is 4.06. The van der Waals surface area contributed by atoms with Crippen LogP contribution in [-0.2, 0) is 6.42 Å². The predicted octanol–water partition coefficient (Wildman–Crippen LogP) is 3.29. The third-order valence-electron chi connectivity index (χ3n) is 5.09. The summed E-state index contributed by atoms with van der Waals surface area (Å²) in [6.07, 6.45) is 7.21. The molecule has 0 saturated heterocycles. The lowest BCUT2D eigenvalue weighted by molar-refractivity contribution is 0.0865. The molecule has 112 valence electrons. The van der Waals surface area contributed by atoms with Crippen LogP contribution in [0.1, 0.15) is 34.1 Å². The number of imidazole rings is 1. The Morgan fingerprint density at radius 2 is 2.04 bits per heavy atom. The highest BCUT2D eigenvalue weighted by molar-refractivity contribution is 5.99. The number of hydrogen-bond acceptors (Lipinski definition) is 3. The monoisotopic (exact) mass is 301 g/mol. The number of carbonyl (C=O) groups excluding carboxylic acids is 1. The fourth-order valence-electron chi connectivity index (χ4n) is 4.06. The van der Waals surface area contributed by atoms with Crippen molar-refractivity contribution in [3.63, 3.8) is 0 Å². The van der Waals surface area contributed by atoms with Gasteiger partial charge in [-0.1, -0.05) is 30.3 Å². The highest BCUT2D eigenvalue weighted by Crippen LogP contribution is 2.45. The molecular weight excluding hydrogens is 286 g/mol. The van der Waals surface area contributed by atoms with Crippen LogP contribution in [0, 0.1) is 5.92 Å². The molecule has 2 aromatic heterocycles. The van der Waals surface area contributed by atoms with Crippen molar-refractivity contribution in [2.24, 2.45) is 5.92 Å². The van der Waals surface area contributed by atoms with Crippen LogP contribution in [0.25, 0.3) is 11.3 Å². The largest absolute Gasteiger partial charge is 0.322 e.